The normalized spacial score (nSPS) is 12.1. The standard InChI is InChI=1S/C13H17N/c1-4-5-10-14-12(3)13-8-6-11(2)7-9-13/h1,6-9,12,14H,5,10H2,2-3H3. The van der Waals surface area contributed by atoms with Gasteiger partial charge in [0.15, 0.2) is 0 Å². The van der Waals surface area contributed by atoms with Gasteiger partial charge in [0.2, 0.25) is 0 Å². The van der Waals surface area contributed by atoms with Gasteiger partial charge in [0.1, 0.15) is 0 Å². The molecule has 1 heteroatoms. The molecule has 14 heavy (non-hydrogen) atoms. The van der Waals surface area contributed by atoms with E-state index in [9.17, 15) is 0 Å². The first-order valence-corrected chi connectivity index (χ1v) is 4.97. The molecule has 1 atom stereocenters. The van der Waals surface area contributed by atoms with Gasteiger partial charge in [0, 0.05) is 19.0 Å². The van der Waals surface area contributed by atoms with Crippen molar-refractivity contribution in [1.29, 1.82) is 0 Å². The summed E-state index contributed by atoms with van der Waals surface area (Å²) in [5.41, 5.74) is 2.61. The Morgan fingerprint density at radius 3 is 2.57 bits per heavy atom. The molecule has 1 rings (SSSR count). The first kappa shape index (κ1) is 10.8. The van der Waals surface area contributed by atoms with Crippen LogP contribution in [0, 0.1) is 19.3 Å². The van der Waals surface area contributed by atoms with Crippen LogP contribution >= 0.6 is 0 Å². The van der Waals surface area contributed by atoms with Crippen molar-refractivity contribution in [3.05, 3.63) is 35.4 Å². The van der Waals surface area contributed by atoms with Gasteiger partial charge in [-0.3, -0.25) is 0 Å². The van der Waals surface area contributed by atoms with Crippen molar-refractivity contribution in [2.45, 2.75) is 26.3 Å². The van der Waals surface area contributed by atoms with Gasteiger partial charge < -0.3 is 5.32 Å². The van der Waals surface area contributed by atoms with E-state index in [1.807, 2.05) is 0 Å². The van der Waals surface area contributed by atoms with Gasteiger partial charge in [-0.1, -0.05) is 29.8 Å². The van der Waals surface area contributed by atoms with Crippen LogP contribution in [0.5, 0.6) is 0 Å². The summed E-state index contributed by atoms with van der Waals surface area (Å²) >= 11 is 0. The molecule has 0 amide bonds. The molecule has 1 N–H and O–H groups in total. The van der Waals surface area contributed by atoms with Gasteiger partial charge in [0.25, 0.3) is 0 Å². The Morgan fingerprint density at radius 2 is 2.00 bits per heavy atom. The molecule has 1 aromatic carbocycles. The highest BCUT2D eigenvalue weighted by Crippen LogP contribution is 2.12. The molecule has 74 valence electrons. The number of rotatable bonds is 4. The average molecular weight is 187 g/mol. The summed E-state index contributed by atoms with van der Waals surface area (Å²) in [5.74, 6) is 2.62. The third-order valence-corrected chi connectivity index (χ3v) is 2.30. The lowest BCUT2D eigenvalue weighted by Gasteiger charge is -2.13. The van der Waals surface area contributed by atoms with Crippen molar-refractivity contribution >= 4 is 0 Å². The Hall–Kier alpha value is -1.26. The van der Waals surface area contributed by atoms with Crippen LogP contribution in [-0.2, 0) is 0 Å². The van der Waals surface area contributed by atoms with E-state index in [4.69, 9.17) is 6.42 Å². The average Bonchev–Trinajstić information content (AvgIpc) is 2.19. The first-order chi connectivity index (χ1) is 6.74. The van der Waals surface area contributed by atoms with Gasteiger partial charge in [-0.15, -0.1) is 12.3 Å². The predicted octanol–water partition coefficient (Wildman–Crippen LogP) is 2.67. The number of terminal acetylenes is 1. The van der Waals surface area contributed by atoms with Crippen LogP contribution in [0.1, 0.15) is 30.5 Å². The molecule has 0 fully saturated rings. The summed E-state index contributed by atoms with van der Waals surface area (Å²) in [5, 5.41) is 3.38. The van der Waals surface area contributed by atoms with Crippen LogP contribution in [0.25, 0.3) is 0 Å². The van der Waals surface area contributed by atoms with Crippen molar-refractivity contribution in [3.8, 4) is 12.3 Å². The van der Waals surface area contributed by atoms with Crippen LogP contribution in [0.15, 0.2) is 24.3 Å². The van der Waals surface area contributed by atoms with Gasteiger partial charge in [-0.25, -0.2) is 0 Å². The molecule has 0 aliphatic heterocycles. The zero-order valence-corrected chi connectivity index (χ0v) is 8.88. The summed E-state index contributed by atoms with van der Waals surface area (Å²) in [4.78, 5) is 0. The highest BCUT2D eigenvalue weighted by atomic mass is 14.9. The van der Waals surface area contributed by atoms with E-state index in [1.54, 1.807) is 0 Å². The molecule has 0 bridgehead atoms. The van der Waals surface area contributed by atoms with Crippen LogP contribution < -0.4 is 5.32 Å². The Kier molecular flexibility index (Phi) is 4.22. The molecule has 0 radical (unpaired) electrons. The fraction of sp³-hybridized carbons (Fsp3) is 0.385. The lowest BCUT2D eigenvalue weighted by molar-refractivity contribution is 0.584. The highest BCUT2D eigenvalue weighted by Gasteiger charge is 2.02. The fourth-order valence-electron chi connectivity index (χ4n) is 1.33. The Labute approximate surface area is 86.5 Å². The summed E-state index contributed by atoms with van der Waals surface area (Å²) < 4.78 is 0. The third-order valence-electron chi connectivity index (χ3n) is 2.30. The lowest BCUT2D eigenvalue weighted by atomic mass is 10.1. The number of nitrogens with one attached hydrogen (secondary N) is 1. The largest absolute Gasteiger partial charge is 0.309 e. The zero-order valence-electron chi connectivity index (χ0n) is 8.88. The summed E-state index contributed by atoms with van der Waals surface area (Å²) in [6, 6.07) is 8.96. The molecular weight excluding hydrogens is 170 g/mol. The van der Waals surface area contributed by atoms with Crippen molar-refractivity contribution < 1.29 is 0 Å². The van der Waals surface area contributed by atoms with E-state index >= 15 is 0 Å². The minimum atomic E-state index is 0.379. The second kappa shape index (κ2) is 5.47. The molecule has 0 saturated heterocycles. The van der Waals surface area contributed by atoms with Gasteiger partial charge in [-0.2, -0.15) is 0 Å². The van der Waals surface area contributed by atoms with Crippen LogP contribution in [0.3, 0.4) is 0 Å². The molecule has 0 saturated carbocycles. The SMILES string of the molecule is C#CCCNC(C)c1ccc(C)cc1. The molecule has 1 nitrogen and oxygen atoms in total. The molecule has 0 aliphatic rings. The second-order valence-corrected chi connectivity index (χ2v) is 3.54. The summed E-state index contributed by atoms with van der Waals surface area (Å²) in [7, 11) is 0. The lowest BCUT2D eigenvalue weighted by Crippen LogP contribution is -2.19. The molecule has 0 aliphatic carbocycles. The van der Waals surface area contributed by atoms with E-state index in [-0.39, 0.29) is 0 Å². The number of hydrogen-bond donors (Lipinski definition) is 1. The molecule has 1 aromatic rings. The van der Waals surface area contributed by atoms with E-state index in [2.05, 4.69) is 49.4 Å². The van der Waals surface area contributed by atoms with E-state index in [1.165, 1.54) is 11.1 Å². The predicted molar refractivity (Wildman–Crippen MR) is 61.0 cm³/mol. The van der Waals surface area contributed by atoms with E-state index < -0.39 is 0 Å². The number of benzene rings is 1. The maximum Gasteiger partial charge on any atom is 0.0292 e. The van der Waals surface area contributed by atoms with Crippen molar-refractivity contribution in [2.24, 2.45) is 0 Å². The fourth-order valence-corrected chi connectivity index (χ4v) is 1.33. The Balaban J connectivity index is 2.48. The highest BCUT2D eigenvalue weighted by molar-refractivity contribution is 5.23. The Morgan fingerprint density at radius 1 is 1.36 bits per heavy atom. The minimum absolute atomic E-state index is 0.379. The van der Waals surface area contributed by atoms with Crippen molar-refractivity contribution in [2.75, 3.05) is 6.54 Å². The first-order valence-electron chi connectivity index (χ1n) is 4.97. The van der Waals surface area contributed by atoms with Crippen molar-refractivity contribution in [1.82, 2.24) is 5.32 Å². The van der Waals surface area contributed by atoms with E-state index in [0.29, 0.717) is 6.04 Å². The van der Waals surface area contributed by atoms with Crippen LogP contribution in [-0.4, -0.2) is 6.54 Å². The third kappa shape index (κ3) is 3.24. The van der Waals surface area contributed by atoms with Gasteiger partial charge >= 0.3 is 0 Å². The smallest absolute Gasteiger partial charge is 0.0292 e. The monoisotopic (exact) mass is 187 g/mol. The summed E-state index contributed by atoms with van der Waals surface area (Å²) in [6.45, 7) is 5.13. The second-order valence-electron chi connectivity index (χ2n) is 3.54. The zero-order chi connectivity index (χ0) is 10.4. The quantitative estimate of drug-likeness (QED) is 0.564. The number of aryl methyl sites for hydroxylation is 1. The topological polar surface area (TPSA) is 12.0 Å². The minimum Gasteiger partial charge on any atom is -0.309 e. The maximum absolute atomic E-state index is 5.18. The van der Waals surface area contributed by atoms with Crippen molar-refractivity contribution in [3.63, 3.8) is 0 Å². The summed E-state index contributed by atoms with van der Waals surface area (Å²) in [6.07, 6.45) is 5.97. The number of hydrogen-bond acceptors (Lipinski definition) is 1. The van der Waals surface area contributed by atoms with Gasteiger partial charge in [0.05, 0.1) is 0 Å². The molecule has 0 heterocycles. The Bertz CT molecular complexity index is 305. The van der Waals surface area contributed by atoms with E-state index in [0.717, 1.165) is 13.0 Å². The maximum atomic E-state index is 5.18. The van der Waals surface area contributed by atoms with Crippen LogP contribution in [0.2, 0.25) is 0 Å². The molecule has 0 spiro atoms. The van der Waals surface area contributed by atoms with Gasteiger partial charge in [-0.05, 0) is 19.4 Å². The molecule has 1 unspecified atom stereocenters. The molecule has 0 aromatic heterocycles. The molecular formula is C13H17N. The van der Waals surface area contributed by atoms with Crippen LogP contribution in [0.4, 0.5) is 0 Å².